The summed E-state index contributed by atoms with van der Waals surface area (Å²) >= 11 is 0. The SMILES string of the molecule is CC[C@@H]1C[C@@H](C(=O)Nc2cc(-c3cccc([N+](=O)[O-])c3)[nH]n2)CCO1. The Hall–Kier alpha value is -2.74. The summed E-state index contributed by atoms with van der Waals surface area (Å²) in [6.45, 7) is 2.64. The maximum atomic E-state index is 12.4. The van der Waals surface area contributed by atoms with Crippen LogP contribution in [0.3, 0.4) is 0 Å². The summed E-state index contributed by atoms with van der Waals surface area (Å²) in [6, 6.07) is 7.92. The Labute approximate surface area is 144 Å². The zero-order valence-electron chi connectivity index (χ0n) is 13.9. The number of nitro benzene ring substituents is 1. The van der Waals surface area contributed by atoms with E-state index in [0.29, 0.717) is 36.5 Å². The van der Waals surface area contributed by atoms with Crippen LogP contribution in [0.1, 0.15) is 26.2 Å². The summed E-state index contributed by atoms with van der Waals surface area (Å²) in [7, 11) is 0. The number of aromatic nitrogens is 2. The van der Waals surface area contributed by atoms with Gasteiger partial charge in [0.25, 0.3) is 5.69 Å². The summed E-state index contributed by atoms with van der Waals surface area (Å²) in [5.41, 5.74) is 1.25. The lowest BCUT2D eigenvalue weighted by molar-refractivity contribution is -0.384. The number of hydrogen-bond acceptors (Lipinski definition) is 5. The molecule has 0 aliphatic carbocycles. The first-order valence-electron chi connectivity index (χ1n) is 8.29. The highest BCUT2D eigenvalue weighted by molar-refractivity contribution is 5.92. The van der Waals surface area contributed by atoms with Gasteiger partial charge in [0.1, 0.15) is 0 Å². The molecule has 0 radical (unpaired) electrons. The molecule has 2 aromatic rings. The Kier molecular flexibility index (Phi) is 5.08. The molecular formula is C17H20N4O4. The number of amides is 1. The summed E-state index contributed by atoms with van der Waals surface area (Å²) in [5, 5.41) is 20.6. The van der Waals surface area contributed by atoms with Gasteiger partial charge in [0.05, 0.1) is 16.7 Å². The molecule has 2 heterocycles. The number of nitrogens with zero attached hydrogens (tertiary/aromatic N) is 2. The van der Waals surface area contributed by atoms with Crippen molar-refractivity contribution < 1.29 is 14.5 Å². The second-order valence-electron chi connectivity index (χ2n) is 6.09. The molecule has 2 N–H and O–H groups in total. The van der Waals surface area contributed by atoms with Crippen LogP contribution in [0, 0.1) is 16.0 Å². The molecule has 1 saturated heterocycles. The lowest BCUT2D eigenvalue weighted by Crippen LogP contribution is -2.33. The van der Waals surface area contributed by atoms with Gasteiger partial charge in [-0.2, -0.15) is 5.10 Å². The molecule has 1 aliphatic rings. The average molecular weight is 344 g/mol. The first kappa shape index (κ1) is 17.1. The second kappa shape index (κ2) is 7.43. The molecule has 3 rings (SSSR count). The van der Waals surface area contributed by atoms with E-state index >= 15 is 0 Å². The van der Waals surface area contributed by atoms with E-state index in [1.54, 1.807) is 18.2 Å². The van der Waals surface area contributed by atoms with E-state index in [-0.39, 0.29) is 23.6 Å². The lowest BCUT2D eigenvalue weighted by atomic mass is 9.93. The molecule has 1 aliphatic heterocycles. The van der Waals surface area contributed by atoms with Crippen molar-refractivity contribution in [1.82, 2.24) is 10.2 Å². The van der Waals surface area contributed by atoms with Gasteiger partial charge < -0.3 is 10.1 Å². The molecule has 0 spiro atoms. The van der Waals surface area contributed by atoms with E-state index in [0.717, 1.165) is 6.42 Å². The first-order chi connectivity index (χ1) is 12.1. The normalized spacial score (nSPS) is 20.2. The fourth-order valence-corrected chi connectivity index (χ4v) is 2.95. The number of rotatable bonds is 5. The van der Waals surface area contributed by atoms with Crippen molar-refractivity contribution in [2.45, 2.75) is 32.3 Å². The fourth-order valence-electron chi connectivity index (χ4n) is 2.95. The predicted molar refractivity (Wildman–Crippen MR) is 92.1 cm³/mol. The third-order valence-corrected chi connectivity index (χ3v) is 4.39. The first-order valence-corrected chi connectivity index (χ1v) is 8.29. The van der Waals surface area contributed by atoms with Crippen molar-refractivity contribution in [3.63, 3.8) is 0 Å². The molecule has 1 amide bonds. The van der Waals surface area contributed by atoms with E-state index in [9.17, 15) is 14.9 Å². The summed E-state index contributed by atoms with van der Waals surface area (Å²) in [4.78, 5) is 22.8. The Bertz CT molecular complexity index is 774. The maximum absolute atomic E-state index is 12.4. The van der Waals surface area contributed by atoms with Crippen molar-refractivity contribution in [1.29, 1.82) is 0 Å². The molecule has 8 heteroatoms. The van der Waals surface area contributed by atoms with Crippen LogP contribution in [-0.4, -0.2) is 33.7 Å². The highest BCUT2D eigenvalue weighted by Gasteiger charge is 2.27. The zero-order chi connectivity index (χ0) is 17.8. The largest absolute Gasteiger partial charge is 0.378 e. The van der Waals surface area contributed by atoms with Crippen LogP contribution in [-0.2, 0) is 9.53 Å². The number of non-ortho nitro benzene ring substituents is 1. The van der Waals surface area contributed by atoms with Crippen LogP contribution in [0.5, 0.6) is 0 Å². The topological polar surface area (TPSA) is 110 Å². The number of benzene rings is 1. The number of nitro groups is 1. The van der Waals surface area contributed by atoms with Crippen LogP contribution < -0.4 is 5.32 Å². The monoisotopic (exact) mass is 344 g/mol. The van der Waals surface area contributed by atoms with Gasteiger partial charge in [-0.05, 0) is 19.3 Å². The van der Waals surface area contributed by atoms with Crippen LogP contribution in [0.2, 0.25) is 0 Å². The summed E-state index contributed by atoms with van der Waals surface area (Å²) in [6.07, 6.45) is 2.43. The molecular weight excluding hydrogens is 324 g/mol. The minimum Gasteiger partial charge on any atom is -0.378 e. The third-order valence-electron chi connectivity index (χ3n) is 4.39. The predicted octanol–water partition coefficient (Wildman–Crippen LogP) is 3.13. The van der Waals surface area contributed by atoms with Gasteiger partial charge in [0, 0.05) is 36.3 Å². The highest BCUT2D eigenvalue weighted by atomic mass is 16.6. The van der Waals surface area contributed by atoms with E-state index in [1.807, 2.05) is 6.92 Å². The molecule has 1 fully saturated rings. The van der Waals surface area contributed by atoms with E-state index < -0.39 is 4.92 Å². The molecule has 0 saturated carbocycles. The molecule has 0 unspecified atom stereocenters. The maximum Gasteiger partial charge on any atom is 0.270 e. The average Bonchev–Trinajstić information content (AvgIpc) is 3.10. The number of anilines is 1. The van der Waals surface area contributed by atoms with Crippen LogP contribution >= 0.6 is 0 Å². The number of ether oxygens (including phenoxy) is 1. The number of carbonyl (C=O) groups is 1. The minimum atomic E-state index is -0.447. The standard InChI is InChI=1S/C17H20N4O4/c1-2-14-9-12(6-7-25-14)17(22)18-16-10-15(19-20-16)11-4-3-5-13(8-11)21(23)24/h3-5,8,10,12,14H,2,6-7,9H2,1H3,(H2,18,19,20,22)/t12-,14+/m0/s1. The van der Waals surface area contributed by atoms with Crippen molar-refractivity contribution in [2.75, 3.05) is 11.9 Å². The van der Waals surface area contributed by atoms with Gasteiger partial charge in [0.2, 0.25) is 5.91 Å². The summed E-state index contributed by atoms with van der Waals surface area (Å²) < 4.78 is 5.59. The van der Waals surface area contributed by atoms with Gasteiger partial charge in [0.15, 0.2) is 5.82 Å². The van der Waals surface area contributed by atoms with Crippen molar-refractivity contribution in [3.8, 4) is 11.3 Å². The van der Waals surface area contributed by atoms with Gasteiger partial charge in [-0.3, -0.25) is 20.0 Å². The van der Waals surface area contributed by atoms with Gasteiger partial charge in [-0.15, -0.1) is 0 Å². The smallest absolute Gasteiger partial charge is 0.270 e. The molecule has 132 valence electrons. The Morgan fingerprint density at radius 3 is 3.08 bits per heavy atom. The molecule has 25 heavy (non-hydrogen) atoms. The van der Waals surface area contributed by atoms with Crippen LogP contribution in [0.25, 0.3) is 11.3 Å². The number of aromatic amines is 1. The number of nitrogens with one attached hydrogen (secondary N) is 2. The number of hydrogen-bond donors (Lipinski definition) is 2. The lowest BCUT2D eigenvalue weighted by Gasteiger charge is -2.27. The zero-order valence-corrected chi connectivity index (χ0v) is 13.9. The van der Waals surface area contributed by atoms with Crippen molar-refractivity contribution >= 4 is 17.4 Å². The van der Waals surface area contributed by atoms with Crippen molar-refractivity contribution in [2.24, 2.45) is 5.92 Å². The molecule has 2 atom stereocenters. The summed E-state index contributed by atoms with van der Waals surface area (Å²) in [5.74, 6) is 0.251. The van der Waals surface area contributed by atoms with E-state index in [4.69, 9.17) is 4.74 Å². The minimum absolute atomic E-state index is 0.00509. The molecule has 1 aromatic heterocycles. The van der Waals surface area contributed by atoms with E-state index in [2.05, 4.69) is 15.5 Å². The molecule has 8 nitrogen and oxygen atoms in total. The van der Waals surface area contributed by atoms with Gasteiger partial charge >= 0.3 is 0 Å². The Morgan fingerprint density at radius 2 is 2.32 bits per heavy atom. The Morgan fingerprint density at radius 1 is 1.48 bits per heavy atom. The number of carbonyl (C=O) groups excluding carboxylic acids is 1. The number of H-pyrrole nitrogens is 1. The quantitative estimate of drug-likeness (QED) is 0.639. The third kappa shape index (κ3) is 4.03. The Balaban J connectivity index is 1.68. The van der Waals surface area contributed by atoms with Gasteiger partial charge in [-0.25, -0.2) is 0 Å². The van der Waals surface area contributed by atoms with E-state index in [1.165, 1.54) is 12.1 Å². The fraction of sp³-hybridized carbons (Fsp3) is 0.412. The second-order valence-corrected chi connectivity index (χ2v) is 6.09. The van der Waals surface area contributed by atoms with Crippen LogP contribution in [0.15, 0.2) is 30.3 Å². The van der Waals surface area contributed by atoms with Gasteiger partial charge in [-0.1, -0.05) is 19.1 Å². The highest BCUT2D eigenvalue weighted by Crippen LogP contribution is 2.26. The van der Waals surface area contributed by atoms with Crippen LogP contribution in [0.4, 0.5) is 11.5 Å². The molecule has 1 aromatic carbocycles. The van der Waals surface area contributed by atoms with Crippen molar-refractivity contribution in [3.05, 3.63) is 40.4 Å². The molecule has 0 bridgehead atoms.